The van der Waals surface area contributed by atoms with Crippen LogP contribution in [0.15, 0.2) is 66.7 Å². The van der Waals surface area contributed by atoms with Crippen LogP contribution in [0.25, 0.3) is 34.4 Å². The molecule has 2 aliphatic carbocycles. The number of carbonyl (C=O) groups is 2. The summed E-state index contributed by atoms with van der Waals surface area (Å²) in [6.45, 7) is 1.96. The van der Waals surface area contributed by atoms with Crippen molar-refractivity contribution in [2.45, 2.75) is 6.92 Å². The molecule has 3 aromatic carbocycles. The highest BCUT2D eigenvalue weighted by molar-refractivity contribution is 6.19. The van der Waals surface area contributed by atoms with Gasteiger partial charge in [-0.1, -0.05) is 48.5 Å². The molecule has 0 saturated carbocycles. The molecule has 0 spiro atoms. The predicted molar refractivity (Wildman–Crippen MR) is 141 cm³/mol. The first-order valence-corrected chi connectivity index (χ1v) is 11.3. The topological polar surface area (TPSA) is 52.6 Å². The molecule has 3 aromatic rings. The van der Waals surface area contributed by atoms with Gasteiger partial charge in [0, 0.05) is 27.8 Å². The standard InChI is InChI=1S/C31H24O4/c1-19-30(34-2)22(12-20-14-24(17-32)28-10-6-4-8-26(20)28)16-23(31(19)35-3)13-21-15-25(18-33)29-11-7-5-9-27(21)29/h4-18H,1-3H3/b20-12-,21-13+. The summed E-state index contributed by atoms with van der Waals surface area (Å²) in [4.78, 5) is 23.3. The summed E-state index contributed by atoms with van der Waals surface area (Å²) < 4.78 is 11.6. The maximum atomic E-state index is 11.7. The average Bonchev–Trinajstić information content (AvgIpc) is 3.42. The van der Waals surface area contributed by atoms with Crippen molar-refractivity contribution in [3.8, 4) is 11.5 Å². The minimum absolute atomic E-state index is 0.660. The first-order valence-electron chi connectivity index (χ1n) is 11.3. The Morgan fingerprint density at radius 1 is 0.629 bits per heavy atom. The number of hydrogen-bond donors (Lipinski definition) is 0. The second-order valence-electron chi connectivity index (χ2n) is 8.47. The molecule has 2 aliphatic rings. The van der Waals surface area contributed by atoms with E-state index in [2.05, 4.69) is 0 Å². The third-order valence-corrected chi connectivity index (χ3v) is 6.52. The van der Waals surface area contributed by atoms with E-state index in [9.17, 15) is 9.59 Å². The Hall–Kier alpha value is -4.44. The van der Waals surface area contributed by atoms with E-state index in [0.29, 0.717) is 22.6 Å². The van der Waals surface area contributed by atoms with Crippen molar-refractivity contribution >= 4 is 47.0 Å². The third-order valence-electron chi connectivity index (χ3n) is 6.52. The van der Waals surface area contributed by atoms with Crippen LogP contribution in [0.1, 0.15) is 38.9 Å². The Balaban J connectivity index is 1.71. The molecule has 0 fully saturated rings. The normalized spacial score (nSPS) is 16.0. The third kappa shape index (κ3) is 3.73. The van der Waals surface area contributed by atoms with E-state index in [1.54, 1.807) is 14.2 Å². The second-order valence-corrected chi connectivity index (χ2v) is 8.47. The van der Waals surface area contributed by atoms with Gasteiger partial charge >= 0.3 is 0 Å². The van der Waals surface area contributed by atoms with E-state index in [1.165, 1.54) is 0 Å². The average molecular weight is 461 g/mol. The predicted octanol–water partition coefficient (Wildman–Crippen LogP) is 6.29. The van der Waals surface area contributed by atoms with Gasteiger partial charge in [0.15, 0.2) is 12.6 Å². The van der Waals surface area contributed by atoms with Crippen LogP contribution < -0.4 is 9.47 Å². The Morgan fingerprint density at radius 3 is 1.40 bits per heavy atom. The van der Waals surface area contributed by atoms with Crippen LogP contribution in [0.3, 0.4) is 0 Å². The van der Waals surface area contributed by atoms with Gasteiger partial charge in [-0.15, -0.1) is 0 Å². The number of allylic oxidation sites excluding steroid dienone is 6. The molecule has 35 heavy (non-hydrogen) atoms. The Labute approximate surface area is 204 Å². The minimum Gasteiger partial charge on any atom is -0.496 e. The highest BCUT2D eigenvalue weighted by atomic mass is 16.5. The molecule has 0 radical (unpaired) electrons. The fourth-order valence-electron chi connectivity index (χ4n) is 4.98. The quantitative estimate of drug-likeness (QED) is 0.406. The molecule has 0 N–H and O–H groups in total. The zero-order valence-electron chi connectivity index (χ0n) is 19.8. The minimum atomic E-state index is 0.660. The van der Waals surface area contributed by atoms with Crippen molar-refractivity contribution in [1.82, 2.24) is 0 Å². The van der Waals surface area contributed by atoms with Gasteiger partial charge in [-0.2, -0.15) is 0 Å². The Bertz CT molecular complexity index is 1390. The number of ether oxygens (including phenoxy) is 2. The monoisotopic (exact) mass is 460 g/mol. The van der Waals surface area contributed by atoms with Crippen molar-refractivity contribution in [3.63, 3.8) is 0 Å². The van der Waals surface area contributed by atoms with Crippen molar-refractivity contribution in [3.05, 3.63) is 106 Å². The highest BCUT2D eigenvalue weighted by Crippen LogP contribution is 2.42. The van der Waals surface area contributed by atoms with Crippen LogP contribution in [0.2, 0.25) is 0 Å². The molecule has 0 unspecified atom stereocenters. The number of carbonyl (C=O) groups excluding carboxylic acids is 2. The molecule has 0 saturated heterocycles. The lowest BCUT2D eigenvalue weighted by atomic mass is 9.96. The van der Waals surface area contributed by atoms with Crippen LogP contribution in [0, 0.1) is 6.92 Å². The van der Waals surface area contributed by atoms with E-state index >= 15 is 0 Å². The van der Waals surface area contributed by atoms with Gasteiger partial charge < -0.3 is 9.47 Å². The summed E-state index contributed by atoms with van der Waals surface area (Å²) in [6.07, 6.45) is 9.67. The first kappa shape index (κ1) is 22.4. The fraction of sp³-hybridized carbons (Fsp3) is 0.0968. The number of rotatable bonds is 6. The number of methoxy groups -OCH3 is 2. The molecule has 0 amide bonds. The molecule has 0 aliphatic heterocycles. The van der Waals surface area contributed by atoms with Crippen molar-refractivity contribution in [2.75, 3.05) is 14.2 Å². The van der Waals surface area contributed by atoms with Gasteiger partial charge in [0.2, 0.25) is 0 Å². The molecule has 172 valence electrons. The van der Waals surface area contributed by atoms with Crippen molar-refractivity contribution in [2.24, 2.45) is 0 Å². The number of aldehydes is 2. The zero-order chi connectivity index (χ0) is 24.5. The number of benzene rings is 3. The second kappa shape index (κ2) is 9.07. The summed E-state index contributed by atoms with van der Waals surface area (Å²) in [5.74, 6) is 1.41. The Morgan fingerprint density at radius 2 is 1.03 bits per heavy atom. The van der Waals surface area contributed by atoms with E-state index in [1.807, 2.05) is 85.8 Å². The lowest BCUT2D eigenvalue weighted by Crippen LogP contribution is -1.98. The molecule has 4 nitrogen and oxygen atoms in total. The van der Waals surface area contributed by atoms with Crippen LogP contribution in [0.4, 0.5) is 0 Å². The lowest BCUT2D eigenvalue weighted by Gasteiger charge is -2.17. The van der Waals surface area contributed by atoms with Crippen molar-refractivity contribution in [1.29, 1.82) is 0 Å². The largest absolute Gasteiger partial charge is 0.496 e. The molecule has 0 bridgehead atoms. The number of fused-ring (bicyclic) bond motifs is 2. The van der Waals surface area contributed by atoms with E-state index in [-0.39, 0.29) is 0 Å². The van der Waals surface area contributed by atoms with Crippen LogP contribution in [-0.4, -0.2) is 26.8 Å². The fourth-order valence-corrected chi connectivity index (χ4v) is 4.98. The summed E-state index contributed by atoms with van der Waals surface area (Å²) in [7, 11) is 3.28. The molecule has 4 heteroatoms. The van der Waals surface area contributed by atoms with Gasteiger partial charge in [0.1, 0.15) is 11.5 Å². The molecule has 0 aromatic heterocycles. The lowest BCUT2D eigenvalue weighted by molar-refractivity contribution is -0.104. The SMILES string of the molecule is COc1c(/C=C2/C=C(C=O)c3ccccc32)cc(/C=C2\C=C(C=O)c3ccccc32)c(OC)c1C. The van der Waals surface area contributed by atoms with E-state index in [0.717, 1.165) is 62.7 Å². The molecule has 0 heterocycles. The van der Waals surface area contributed by atoms with Crippen LogP contribution in [-0.2, 0) is 9.59 Å². The molecular formula is C31H24O4. The smallest absolute Gasteiger partial charge is 0.150 e. The van der Waals surface area contributed by atoms with Gasteiger partial charge in [0.05, 0.1) is 14.2 Å². The molecule has 5 rings (SSSR count). The summed E-state index contributed by atoms with van der Waals surface area (Å²) in [6, 6.07) is 17.8. The first-order chi connectivity index (χ1) is 17.1. The summed E-state index contributed by atoms with van der Waals surface area (Å²) in [5.41, 5.74) is 9.68. The van der Waals surface area contributed by atoms with E-state index < -0.39 is 0 Å². The molecule has 0 atom stereocenters. The highest BCUT2D eigenvalue weighted by Gasteiger charge is 2.22. The molecular weight excluding hydrogens is 436 g/mol. The van der Waals surface area contributed by atoms with Gasteiger partial charge in [-0.25, -0.2) is 0 Å². The van der Waals surface area contributed by atoms with Crippen LogP contribution in [0.5, 0.6) is 11.5 Å². The van der Waals surface area contributed by atoms with Gasteiger partial charge in [0.25, 0.3) is 0 Å². The van der Waals surface area contributed by atoms with E-state index in [4.69, 9.17) is 9.47 Å². The summed E-state index contributed by atoms with van der Waals surface area (Å²) >= 11 is 0. The zero-order valence-corrected chi connectivity index (χ0v) is 19.8. The Kier molecular flexibility index (Phi) is 5.79. The van der Waals surface area contributed by atoms with Crippen molar-refractivity contribution < 1.29 is 19.1 Å². The van der Waals surface area contributed by atoms with Gasteiger partial charge in [-0.3, -0.25) is 9.59 Å². The maximum absolute atomic E-state index is 11.7. The van der Waals surface area contributed by atoms with Crippen LogP contribution >= 0.6 is 0 Å². The summed E-state index contributed by atoms with van der Waals surface area (Å²) in [5, 5.41) is 0. The van der Waals surface area contributed by atoms with Gasteiger partial charge in [-0.05, 0) is 70.7 Å². The maximum Gasteiger partial charge on any atom is 0.150 e. The number of hydrogen-bond acceptors (Lipinski definition) is 4.